The Hall–Kier alpha value is -4.42. The molecular weight excluding hydrogens is 432 g/mol. The number of benzene rings is 6. The molecule has 6 rings (SSSR count). The third kappa shape index (κ3) is 3.91. The average Bonchev–Trinajstić information content (AvgIpc) is 2.92. The molecule has 0 aliphatic carbocycles. The SMILES string of the molecule is C=C/C=C\Cc1ccc2ccc(-c3c4ccccc4c(-c4ccc(C)cc4)c4ccccc34)cc2c1. The van der Waals surface area contributed by atoms with Crippen molar-refractivity contribution in [3.8, 4) is 22.3 Å². The highest BCUT2D eigenvalue weighted by Crippen LogP contribution is 2.44. The van der Waals surface area contributed by atoms with E-state index in [2.05, 4.69) is 129 Å². The number of allylic oxidation sites excluding steroid dienone is 3. The molecule has 0 bridgehead atoms. The van der Waals surface area contributed by atoms with E-state index in [4.69, 9.17) is 0 Å². The minimum Gasteiger partial charge on any atom is -0.0991 e. The minimum atomic E-state index is 0.906. The molecule has 0 aromatic heterocycles. The molecule has 36 heavy (non-hydrogen) atoms. The normalized spacial score (nSPS) is 11.6. The maximum atomic E-state index is 3.78. The van der Waals surface area contributed by atoms with E-state index >= 15 is 0 Å². The Labute approximate surface area is 212 Å². The van der Waals surface area contributed by atoms with Crippen molar-refractivity contribution in [1.29, 1.82) is 0 Å². The molecule has 0 atom stereocenters. The van der Waals surface area contributed by atoms with Crippen LogP contribution in [0.2, 0.25) is 0 Å². The number of aryl methyl sites for hydroxylation is 1. The largest absolute Gasteiger partial charge is 0.0991 e. The van der Waals surface area contributed by atoms with Gasteiger partial charge >= 0.3 is 0 Å². The first-order chi connectivity index (χ1) is 17.7. The number of fused-ring (bicyclic) bond motifs is 3. The van der Waals surface area contributed by atoms with Crippen LogP contribution in [0.4, 0.5) is 0 Å². The highest BCUT2D eigenvalue weighted by molar-refractivity contribution is 6.21. The van der Waals surface area contributed by atoms with E-state index in [1.807, 2.05) is 12.2 Å². The van der Waals surface area contributed by atoms with Gasteiger partial charge in [0.05, 0.1) is 0 Å². The Morgan fingerprint density at radius 1 is 0.583 bits per heavy atom. The van der Waals surface area contributed by atoms with Crippen molar-refractivity contribution in [3.05, 3.63) is 145 Å². The Kier molecular flexibility index (Phi) is 5.71. The second-order valence-corrected chi connectivity index (χ2v) is 9.47. The van der Waals surface area contributed by atoms with Crippen LogP contribution in [0.1, 0.15) is 11.1 Å². The maximum absolute atomic E-state index is 3.78. The van der Waals surface area contributed by atoms with Crippen molar-refractivity contribution in [2.75, 3.05) is 0 Å². The molecule has 0 unspecified atom stereocenters. The van der Waals surface area contributed by atoms with Crippen molar-refractivity contribution in [2.45, 2.75) is 13.3 Å². The third-order valence-corrected chi connectivity index (χ3v) is 7.09. The summed E-state index contributed by atoms with van der Waals surface area (Å²) in [7, 11) is 0. The Morgan fingerprint density at radius 3 is 1.75 bits per heavy atom. The van der Waals surface area contributed by atoms with Gasteiger partial charge in [0.15, 0.2) is 0 Å². The molecule has 0 N–H and O–H groups in total. The summed E-state index contributed by atoms with van der Waals surface area (Å²) in [5.41, 5.74) is 7.71. The third-order valence-electron chi connectivity index (χ3n) is 7.09. The summed E-state index contributed by atoms with van der Waals surface area (Å²) in [6.45, 7) is 5.92. The van der Waals surface area contributed by atoms with Gasteiger partial charge in [-0.3, -0.25) is 0 Å². The molecular formula is C36H28. The Bertz CT molecular complexity index is 1710. The van der Waals surface area contributed by atoms with Crippen LogP contribution in [0.15, 0.2) is 134 Å². The lowest BCUT2D eigenvalue weighted by Crippen LogP contribution is -1.91. The summed E-state index contributed by atoms with van der Waals surface area (Å²) in [5, 5.41) is 7.69. The van der Waals surface area contributed by atoms with Gasteiger partial charge < -0.3 is 0 Å². The fraction of sp³-hybridized carbons (Fsp3) is 0.0556. The molecule has 0 heteroatoms. The van der Waals surface area contributed by atoms with Gasteiger partial charge in [0.25, 0.3) is 0 Å². The number of hydrogen-bond donors (Lipinski definition) is 0. The number of rotatable bonds is 5. The monoisotopic (exact) mass is 460 g/mol. The molecule has 6 aromatic carbocycles. The zero-order chi connectivity index (χ0) is 24.5. The first-order valence-electron chi connectivity index (χ1n) is 12.5. The lowest BCUT2D eigenvalue weighted by Gasteiger charge is -2.18. The van der Waals surface area contributed by atoms with Crippen LogP contribution in [-0.4, -0.2) is 0 Å². The smallest absolute Gasteiger partial charge is 0.00262 e. The van der Waals surface area contributed by atoms with Crippen molar-refractivity contribution in [2.24, 2.45) is 0 Å². The van der Waals surface area contributed by atoms with Crippen molar-refractivity contribution < 1.29 is 0 Å². The predicted octanol–water partition coefficient (Wildman–Crippen LogP) is 10.1. The molecule has 0 amide bonds. The molecule has 0 spiro atoms. The Morgan fingerprint density at radius 2 is 1.14 bits per heavy atom. The van der Waals surface area contributed by atoms with Gasteiger partial charge in [0.1, 0.15) is 0 Å². The van der Waals surface area contributed by atoms with E-state index in [0.29, 0.717) is 0 Å². The summed E-state index contributed by atoms with van der Waals surface area (Å²) in [4.78, 5) is 0. The second-order valence-electron chi connectivity index (χ2n) is 9.47. The Balaban J connectivity index is 1.63. The molecule has 0 fully saturated rings. The summed E-state index contributed by atoms with van der Waals surface area (Å²) in [6.07, 6.45) is 6.90. The van der Waals surface area contributed by atoms with Gasteiger partial charge in [-0.1, -0.05) is 133 Å². The first-order valence-corrected chi connectivity index (χ1v) is 12.5. The first kappa shape index (κ1) is 22.1. The summed E-state index contributed by atoms with van der Waals surface area (Å²) in [6, 6.07) is 40.3. The van der Waals surface area contributed by atoms with Gasteiger partial charge in [0, 0.05) is 0 Å². The van der Waals surface area contributed by atoms with E-state index in [1.54, 1.807) is 0 Å². The van der Waals surface area contributed by atoms with Crippen LogP contribution in [0.3, 0.4) is 0 Å². The molecule has 0 nitrogen and oxygen atoms in total. The highest BCUT2D eigenvalue weighted by atomic mass is 14.2. The topological polar surface area (TPSA) is 0 Å². The fourth-order valence-electron chi connectivity index (χ4n) is 5.35. The van der Waals surface area contributed by atoms with Gasteiger partial charge in [-0.05, 0) is 79.5 Å². The summed E-state index contributed by atoms with van der Waals surface area (Å²) < 4.78 is 0. The van der Waals surface area contributed by atoms with Crippen molar-refractivity contribution in [3.63, 3.8) is 0 Å². The zero-order valence-electron chi connectivity index (χ0n) is 20.5. The van der Waals surface area contributed by atoms with Crippen molar-refractivity contribution >= 4 is 32.3 Å². The van der Waals surface area contributed by atoms with Gasteiger partial charge in [-0.25, -0.2) is 0 Å². The van der Waals surface area contributed by atoms with E-state index in [-0.39, 0.29) is 0 Å². The van der Waals surface area contributed by atoms with Crippen LogP contribution in [0.25, 0.3) is 54.6 Å². The van der Waals surface area contributed by atoms with E-state index < -0.39 is 0 Å². The van der Waals surface area contributed by atoms with Crippen LogP contribution in [0, 0.1) is 6.92 Å². The standard InChI is InChI=1S/C36H28/c1-3-4-5-10-26-17-20-27-21-22-29(24-30(27)23-26)36-33-13-8-6-11-31(33)35(28-18-15-25(2)16-19-28)32-12-7-9-14-34(32)36/h3-9,11-24H,1,10H2,2H3/b5-4-. The van der Waals surface area contributed by atoms with Crippen LogP contribution < -0.4 is 0 Å². The van der Waals surface area contributed by atoms with E-state index in [1.165, 1.54) is 65.7 Å². The molecule has 6 aromatic rings. The van der Waals surface area contributed by atoms with E-state index in [9.17, 15) is 0 Å². The molecule has 0 radical (unpaired) electrons. The summed E-state index contributed by atoms with van der Waals surface area (Å²) in [5.74, 6) is 0. The van der Waals surface area contributed by atoms with Crippen LogP contribution in [-0.2, 0) is 6.42 Å². The van der Waals surface area contributed by atoms with Crippen LogP contribution >= 0.6 is 0 Å². The maximum Gasteiger partial charge on any atom is -0.00262 e. The van der Waals surface area contributed by atoms with Gasteiger partial charge in [0.2, 0.25) is 0 Å². The molecule has 0 saturated carbocycles. The van der Waals surface area contributed by atoms with Gasteiger partial charge in [-0.2, -0.15) is 0 Å². The average molecular weight is 461 g/mol. The minimum absolute atomic E-state index is 0.906. The zero-order valence-corrected chi connectivity index (χ0v) is 20.5. The second kappa shape index (κ2) is 9.32. The highest BCUT2D eigenvalue weighted by Gasteiger charge is 2.16. The molecule has 0 aliphatic heterocycles. The molecule has 0 aliphatic rings. The van der Waals surface area contributed by atoms with Crippen molar-refractivity contribution in [1.82, 2.24) is 0 Å². The van der Waals surface area contributed by atoms with Gasteiger partial charge in [-0.15, -0.1) is 0 Å². The molecule has 0 saturated heterocycles. The molecule has 0 heterocycles. The van der Waals surface area contributed by atoms with E-state index in [0.717, 1.165) is 6.42 Å². The predicted molar refractivity (Wildman–Crippen MR) is 158 cm³/mol. The lowest BCUT2D eigenvalue weighted by molar-refractivity contribution is 1.28. The lowest BCUT2D eigenvalue weighted by atomic mass is 9.85. The quantitative estimate of drug-likeness (QED) is 0.177. The molecule has 172 valence electrons. The fourth-order valence-corrected chi connectivity index (χ4v) is 5.35. The number of hydrogen-bond acceptors (Lipinski definition) is 0. The van der Waals surface area contributed by atoms with Crippen LogP contribution in [0.5, 0.6) is 0 Å². The summed E-state index contributed by atoms with van der Waals surface area (Å²) >= 11 is 0.